The topological polar surface area (TPSA) is 106 Å². The molecule has 10 nitrogen and oxygen atoms in total. The molecule has 0 aliphatic carbocycles. The molecule has 1 aliphatic rings. The van der Waals surface area contributed by atoms with E-state index in [4.69, 9.17) is 4.74 Å². The maximum absolute atomic E-state index is 12.6. The summed E-state index contributed by atoms with van der Waals surface area (Å²) in [5, 5.41) is 12.5. The quantitative estimate of drug-likeness (QED) is 0.379. The summed E-state index contributed by atoms with van der Waals surface area (Å²) in [5.74, 6) is 1.76. The van der Waals surface area contributed by atoms with Crippen LogP contribution in [0.4, 0.5) is 5.82 Å². The van der Waals surface area contributed by atoms with Crippen molar-refractivity contribution in [3.63, 3.8) is 0 Å². The molecule has 10 heteroatoms. The number of ether oxygens (including phenoxy) is 1. The van der Waals surface area contributed by atoms with Gasteiger partial charge in [0.25, 0.3) is 5.91 Å². The minimum absolute atomic E-state index is 0.0520. The lowest BCUT2D eigenvalue weighted by Gasteiger charge is -2.35. The van der Waals surface area contributed by atoms with Crippen LogP contribution in [0.25, 0.3) is 5.82 Å². The van der Waals surface area contributed by atoms with Crippen LogP contribution < -0.4 is 9.64 Å². The third kappa shape index (κ3) is 5.16. The number of ketones is 1. The molecule has 35 heavy (non-hydrogen) atoms. The van der Waals surface area contributed by atoms with Crippen LogP contribution >= 0.6 is 0 Å². The number of rotatable bonds is 7. The highest BCUT2D eigenvalue weighted by molar-refractivity contribution is 6.08. The van der Waals surface area contributed by atoms with E-state index < -0.39 is 0 Å². The second-order valence-corrected chi connectivity index (χ2v) is 7.97. The first-order valence-corrected chi connectivity index (χ1v) is 11.2. The van der Waals surface area contributed by atoms with Gasteiger partial charge in [0, 0.05) is 37.3 Å². The van der Waals surface area contributed by atoms with Crippen LogP contribution in [-0.4, -0.2) is 74.3 Å². The molecule has 1 fully saturated rings. The molecule has 1 saturated heterocycles. The fourth-order valence-electron chi connectivity index (χ4n) is 3.82. The van der Waals surface area contributed by atoms with Gasteiger partial charge in [-0.3, -0.25) is 9.59 Å². The van der Waals surface area contributed by atoms with Crippen molar-refractivity contribution in [1.82, 2.24) is 29.9 Å². The zero-order valence-corrected chi connectivity index (χ0v) is 18.9. The molecule has 0 N–H and O–H groups in total. The van der Waals surface area contributed by atoms with Gasteiger partial charge in [0.05, 0.1) is 0 Å². The normalized spacial score (nSPS) is 13.5. The van der Waals surface area contributed by atoms with E-state index in [-0.39, 0.29) is 18.3 Å². The average molecular weight is 470 g/mol. The molecule has 0 atom stereocenters. The molecule has 5 rings (SSSR count). The number of carbonyl (C=O) groups is 2. The second kappa shape index (κ2) is 10.1. The number of carbonyl (C=O) groups excluding carboxylic acids is 2. The third-order valence-electron chi connectivity index (χ3n) is 5.76. The first kappa shape index (κ1) is 22.2. The predicted octanol–water partition coefficient (Wildman–Crippen LogP) is 2.02. The molecular weight excluding hydrogens is 446 g/mol. The van der Waals surface area contributed by atoms with Crippen molar-refractivity contribution in [2.75, 3.05) is 37.7 Å². The van der Waals surface area contributed by atoms with Crippen LogP contribution in [0.1, 0.15) is 15.9 Å². The molecule has 1 amide bonds. The fraction of sp³-hybridized carbons (Fsp3) is 0.200. The standard InChI is InChI=1S/C25H23N7O3/c33-24(16-35-21-8-6-20(7-9-21)25(34)19-4-2-1-3-5-19)31-14-12-30(13-15-31)22-10-11-23(29-28-22)32-18-26-17-27-32/h1-11,17-18H,12-16H2. The first-order chi connectivity index (χ1) is 17.2. The van der Waals surface area contributed by atoms with Crippen LogP contribution in [-0.2, 0) is 4.79 Å². The zero-order chi connectivity index (χ0) is 24.0. The minimum Gasteiger partial charge on any atom is -0.484 e. The van der Waals surface area contributed by atoms with Crippen LogP contribution in [0.15, 0.2) is 79.4 Å². The molecule has 0 spiro atoms. The Bertz CT molecular complexity index is 1270. The van der Waals surface area contributed by atoms with E-state index in [9.17, 15) is 9.59 Å². The summed E-state index contributed by atoms with van der Waals surface area (Å²) in [5.41, 5.74) is 1.20. The molecule has 1 aliphatic heterocycles. The summed E-state index contributed by atoms with van der Waals surface area (Å²) in [6.45, 7) is 2.38. The van der Waals surface area contributed by atoms with Crippen molar-refractivity contribution >= 4 is 17.5 Å². The SMILES string of the molecule is O=C(c1ccccc1)c1ccc(OCC(=O)N2CCN(c3ccc(-n4cncn4)nn3)CC2)cc1. The van der Waals surface area contributed by atoms with Gasteiger partial charge in [-0.25, -0.2) is 9.67 Å². The summed E-state index contributed by atoms with van der Waals surface area (Å²) < 4.78 is 7.21. The third-order valence-corrected chi connectivity index (χ3v) is 5.76. The van der Waals surface area contributed by atoms with E-state index >= 15 is 0 Å². The smallest absolute Gasteiger partial charge is 0.260 e. The number of anilines is 1. The highest BCUT2D eigenvalue weighted by atomic mass is 16.5. The Morgan fingerprint density at radius 3 is 2.14 bits per heavy atom. The Morgan fingerprint density at radius 2 is 1.49 bits per heavy atom. The van der Waals surface area contributed by atoms with Crippen LogP contribution in [0.2, 0.25) is 0 Å². The van der Waals surface area contributed by atoms with Gasteiger partial charge in [0.15, 0.2) is 24.0 Å². The number of hydrogen-bond donors (Lipinski definition) is 0. The molecule has 0 bridgehead atoms. The Morgan fingerprint density at radius 1 is 0.800 bits per heavy atom. The Hall–Kier alpha value is -4.60. The molecule has 176 valence electrons. The summed E-state index contributed by atoms with van der Waals surface area (Å²) >= 11 is 0. The Kier molecular flexibility index (Phi) is 6.42. The van der Waals surface area contributed by atoms with Crippen molar-refractivity contribution < 1.29 is 14.3 Å². The lowest BCUT2D eigenvalue weighted by atomic mass is 10.0. The van der Waals surface area contributed by atoms with Crippen molar-refractivity contribution in [3.8, 4) is 11.6 Å². The van der Waals surface area contributed by atoms with Gasteiger partial charge in [-0.1, -0.05) is 30.3 Å². The molecule has 0 unspecified atom stereocenters. The highest BCUT2D eigenvalue weighted by Crippen LogP contribution is 2.17. The molecule has 2 aromatic heterocycles. The van der Waals surface area contributed by atoms with E-state index in [2.05, 4.69) is 25.2 Å². The lowest BCUT2D eigenvalue weighted by molar-refractivity contribution is -0.133. The molecule has 4 aromatic rings. The number of nitrogens with zero attached hydrogens (tertiary/aromatic N) is 7. The first-order valence-electron chi connectivity index (χ1n) is 11.2. The van der Waals surface area contributed by atoms with E-state index in [1.807, 2.05) is 30.3 Å². The van der Waals surface area contributed by atoms with Crippen LogP contribution in [0.5, 0.6) is 5.75 Å². The number of piperazine rings is 1. The maximum atomic E-state index is 12.6. The van der Waals surface area contributed by atoms with Gasteiger partial charge in [0.1, 0.15) is 18.4 Å². The van der Waals surface area contributed by atoms with E-state index in [0.29, 0.717) is 48.9 Å². The highest BCUT2D eigenvalue weighted by Gasteiger charge is 2.22. The van der Waals surface area contributed by atoms with Crippen molar-refractivity contribution in [3.05, 3.63) is 90.5 Å². The number of benzene rings is 2. The molecule has 0 radical (unpaired) electrons. The summed E-state index contributed by atoms with van der Waals surface area (Å²) in [7, 11) is 0. The van der Waals surface area contributed by atoms with E-state index in [0.717, 1.165) is 5.82 Å². The van der Waals surface area contributed by atoms with Crippen molar-refractivity contribution in [2.45, 2.75) is 0 Å². The van der Waals surface area contributed by atoms with Gasteiger partial charge in [-0.2, -0.15) is 5.10 Å². The fourth-order valence-corrected chi connectivity index (χ4v) is 3.82. The number of amides is 1. The summed E-state index contributed by atoms with van der Waals surface area (Å²) in [4.78, 5) is 32.9. The molecular formula is C25H23N7O3. The second-order valence-electron chi connectivity index (χ2n) is 7.97. The Labute approximate surface area is 201 Å². The predicted molar refractivity (Wildman–Crippen MR) is 128 cm³/mol. The molecule has 2 aromatic carbocycles. The van der Waals surface area contributed by atoms with E-state index in [1.54, 1.807) is 52.3 Å². The van der Waals surface area contributed by atoms with Crippen molar-refractivity contribution in [1.29, 1.82) is 0 Å². The van der Waals surface area contributed by atoms with Crippen LogP contribution in [0.3, 0.4) is 0 Å². The lowest BCUT2D eigenvalue weighted by Crippen LogP contribution is -2.50. The van der Waals surface area contributed by atoms with Gasteiger partial charge < -0.3 is 14.5 Å². The average Bonchev–Trinajstić information content (AvgIpc) is 3.48. The number of aromatic nitrogens is 5. The zero-order valence-electron chi connectivity index (χ0n) is 18.9. The largest absolute Gasteiger partial charge is 0.484 e. The van der Waals surface area contributed by atoms with Gasteiger partial charge in [-0.15, -0.1) is 10.2 Å². The summed E-state index contributed by atoms with van der Waals surface area (Å²) in [6.07, 6.45) is 3.01. The van der Waals surface area contributed by atoms with Gasteiger partial charge in [0.2, 0.25) is 0 Å². The van der Waals surface area contributed by atoms with Gasteiger partial charge >= 0.3 is 0 Å². The molecule has 3 heterocycles. The van der Waals surface area contributed by atoms with Gasteiger partial charge in [-0.05, 0) is 36.4 Å². The maximum Gasteiger partial charge on any atom is 0.260 e. The van der Waals surface area contributed by atoms with Crippen molar-refractivity contribution in [2.24, 2.45) is 0 Å². The van der Waals surface area contributed by atoms with Crippen LogP contribution in [0, 0.1) is 0 Å². The molecule has 0 saturated carbocycles. The summed E-state index contributed by atoms with van der Waals surface area (Å²) in [6, 6.07) is 19.7. The number of hydrogen-bond acceptors (Lipinski definition) is 8. The Balaban J connectivity index is 1.10. The van der Waals surface area contributed by atoms with E-state index in [1.165, 1.54) is 6.33 Å². The monoisotopic (exact) mass is 469 g/mol. The minimum atomic E-state index is -0.0818.